The minimum atomic E-state index is 0.867. The normalized spacial score (nSPS) is 11.4. The molecule has 3 aromatic carbocycles. The highest BCUT2D eigenvalue weighted by Crippen LogP contribution is 2.34. The molecule has 0 aliphatic carbocycles. The van der Waals surface area contributed by atoms with Gasteiger partial charge in [0.05, 0.1) is 22.8 Å². The summed E-state index contributed by atoms with van der Waals surface area (Å²) in [6.07, 6.45) is 3.81. The van der Waals surface area contributed by atoms with Crippen molar-refractivity contribution in [2.75, 3.05) is 0 Å². The highest BCUT2D eigenvalue weighted by molar-refractivity contribution is 6.09. The summed E-state index contributed by atoms with van der Waals surface area (Å²) in [5.41, 5.74) is 10.8. The largest absolute Gasteiger partial charge is 0.284 e. The number of fused-ring (bicyclic) bond motifs is 5. The maximum Gasteiger partial charge on any atom is 0.165 e. The zero-order valence-electron chi connectivity index (χ0n) is 22.0. The summed E-state index contributed by atoms with van der Waals surface area (Å²) in [6, 6.07) is 43.6. The van der Waals surface area contributed by atoms with Crippen molar-refractivity contribution in [1.29, 1.82) is 0 Å². The number of aromatic nitrogens is 5. The van der Waals surface area contributed by atoms with Gasteiger partial charge in [-0.25, -0.2) is 15.0 Å². The molecule has 5 heterocycles. The second-order valence-corrected chi connectivity index (χ2v) is 10.00. The predicted molar refractivity (Wildman–Crippen MR) is 165 cm³/mol. The van der Waals surface area contributed by atoms with Crippen LogP contribution in [0.1, 0.15) is 0 Å². The van der Waals surface area contributed by atoms with E-state index >= 15 is 0 Å². The maximum absolute atomic E-state index is 5.13. The van der Waals surface area contributed by atoms with Gasteiger partial charge < -0.3 is 0 Å². The van der Waals surface area contributed by atoms with Gasteiger partial charge in [0.2, 0.25) is 0 Å². The van der Waals surface area contributed by atoms with Gasteiger partial charge in [0, 0.05) is 34.3 Å². The van der Waals surface area contributed by atoms with Gasteiger partial charge >= 0.3 is 0 Å². The first-order chi connectivity index (χ1) is 20.3. The van der Waals surface area contributed by atoms with Crippen LogP contribution in [0.4, 0.5) is 0 Å². The van der Waals surface area contributed by atoms with Gasteiger partial charge in [-0.2, -0.15) is 0 Å². The fraction of sp³-hybridized carbons (Fsp3) is 0. The fourth-order valence-electron chi connectivity index (χ4n) is 5.46. The van der Waals surface area contributed by atoms with Crippen LogP contribution >= 0.6 is 0 Å². The average molecular weight is 526 g/mol. The van der Waals surface area contributed by atoms with E-state index in [-0.39, 0.29) is 0 Å². The van der Waals surface area contributed by atoms with Gasteiger partial charge in [-0.1, -0.05) is 91.0 Å². The maximum atomic E-state index is 5.13. The van der Waals surface area contributed by atoms with Crippen molar-refractivity contribution in [2.24, 2.45) is 0 Å². The molecule has 192 valence electrons. The summed E-state index contributed by atoms with van der Waals surface area (Å²) in [5, 5.41) is 2.21. The second kappa shape index (κ2) is 9.50. The highest BCUT2D eigenvalue weighted by atomic mass is 15.1. The van der Waals surface area contributed by atoms with Crippen LogP contribution in [0, 0.1) is 0 Å². The van der Waals surface area contributed by atoms with Crippen molar-refractivity contribution in [3.63, 3.8) is 0 Å². The first kappa shape index (κ1) is 23.2. The lowest BCUT2D eigenvalue weighted by Crippen LogP contribution is -1.92. The summed E-state index contributed by atoms with van der Waals surface area (Å²) in [4.78, 5) is 19.3. The molecule has 0 radical (unpaired) electrons. The molecular formula is C36H23N5. The Labute approximate surface area is 236 Å². The minimum absolute atomic E-state index is 0.867. The van der Waals surface area contributed by atoms with E-state index in [1.165, 1.54) is 0 Å². The Bertz CT molecular complexity index is 2180. The summed E-state index contributed by atoms with van der Waals surface area (Å²) in [6.45, 7) is 0. The zero-order chi connectivity index (χ0) is 27.2. The van der Waals surface area contributed by atoms with E-state index in [4.69, 9.17) is 15.0 Å². The Morgan fingerprint density at radius 1 is 0.439 bits per heavy atom. The van der Waals surface area contributed by atoms with E-state index < -0.39 is 0 Å². The molecule has 8 aromatic rings. The lowest BCUT2D eigenvalue weighted by Gasteiger charge is -2.09. The Morgan fingerprint density at radius 3 is 1.88 bits per heavy atom. The zero-order valence-corrected chi connectivity index (χ0v) is 22.0. The van der Waals surface area contributed by atoms with Crippen LogP contribution < -0.4 is 0 Å². The van der Waals surface area contributed by atoms with Crippen LogP contribution in [0.5, 0.6) is 0 Å². The van der Waals surface area contributed by atoms with Gasteiger partial charge in [0.25, 0.3) is 0 Å². The molecule has 5 aromatic heterocycles. The summed E-state index contributed by atoms with van der Waals surface area (Å²) < 4.78 is 2.06. The number of rotatable bonds is 4. The van der Waals surface area contributed by atoms with Crippen molar-refractivity contribution in [1.82, 2.24) is 24.3 Å². The van der Waals surface area contributed by atoms with Crippen molar-refractivity contribution in [3.8, 4) is 45.0 Å². The van der Waals surface area contributed by atoms with Crippen molar-refractivity contribution in [3.05, 3.63) is 140 Å². The molecule has 0 bridgehead atoms. The Hall–Kier alpha value is -5.68. The third kappa shape index (κ3) is 4.03. The number of hydrogen-bond donors (Lipinski definition) is 0. The second-order valence-electron chi connectivity index (χ2n) is 10.00. The molecular weight excluding hydrogens is 502 g/mol. The molecule has 0 spiro atoms. The lowest BCUT2D eigenvalue weighted by atomic mass is 9.98. The third-order valence-electron chi connectivity index (χ3n) is 7.51. The molecule has 0 saturated heterocycles. The van der Waals surface area contributed by atoms with Crippen molar-refractivity contribution >= 4 is 27.6 Å². The summed E-state index contributed by atoms with van der Waals surface area (Å²) in [7, 11) is 0. The summed E-state index contributed by atoms with van der Waals surface area (Å²) in [5.74, 6) is 0. The molecule has 0 fully saturated rings. The van der Waals surface area contributed by atoms with Gasteiger partial charge in [0.1, 0.15) is 11.2 Å². The number of nitrogens with zero attached hydrogens (tertiary/aromatic N) is 5. The molecule has 0 amide bonds. The van der Waals surface area contributed by atoms with Gasteiger partial charge in [-0.3, -0.25) is 9.38 Å². The molecule has 0 aliphatic heterocycles. The van der Waals surface area contributed by atoms with E-state index in [9.17, 15) is 0 Å². The Kier molecular flexibility index (Phi) is 5.38. The molecule has 5 nitrogen and oxygen atoms in total. The van der Waals surface area contributed by atoms with Crippen LogP contribution in [0.2, 0.25) is 0 Å². The van der Waals surface area contributed by atoms with Crippen molar-refractivity contribution < 1.29 is 0 Å². The summed E-state index contributed by atoms with van der Waals surface area (Å²) >= 11 is 0. The molecule has 0 atom stereocenters. The monoisotopic (exact) mass is 525 g/mol. The molecule has 0 aliphatic rings. The Morgan fingerprint density at radius 2 is 1.10 bits per heavy atom. The molecule has 0 unspecified atom stereocenters. The number of imidazole rings is 1. The van der Waals surface area contributed by atoms with E-state index in [0.29, 0.717) is 0 Å². The van der Waals surface area contributed by atoms with E-state index in [1.54, 1.807) is 6.20 Å². The topological polar surface area (TPSA) is 56.0 Å². The third-order valence-corrected chi connectivity index (χ3v) is 7.51. The van der Waals surface area contributed by atoms with E-state index in [2.05, 4.69) is 82.2 Å². The molecule has 5 heteroatoms. The fourth-order valence-corrected chi connectivity index (χ4v) is 5.46. The quantitative estimate of drug-likeness (QED) is 0.231. The number of pyridine rings is 4. The molecule has 0 saturated carbocycles. The van der Waals surface area contributed by atoms with Crippen LogP contribution in [-0.2, 0) is 0 Å². The first-order valence-corrected chi connectivity index (χ1v) is 13.6. The molecule has 41 heavy (non-hydrogen) atoms. The number of hydrogen-bond acceptors (Lipinski definition) is 4. The predicted octanol–water partition coefficient (Wildman–Crippen LogP) is 8.49. The van der Waals surface area contributed by atoms with Gasteiger partial charge in [-0.15, -0.1) is 0 Å². The highest BCUT2D eigenvalue weighted by Gasteiger charge is 2.15. The minimum Gasteiger partial charge on any atom is -0.284 e. The van der Waals surface area contributed by atoms with E-state index in [1.807, 2.05) is 60.8 Å². The standard InChI is InChI=1S/C36H23N5/c1-2-9-29-28(8-1)34(40-36-35(29)39-33-13-4-6-23-41(33)36)27-20-16-25(17-21-27)24-14-18-26(19-15-24)30-11-7-12-32(38-30)31-10-3-5-22-37-31/h1-23H. The van der Waals surface area contributed by atoms with E-state index in [0.717, 1.165) is 72.6 Å². The van der Waals surface area contributed by atoms with Crippen LogP contribution in [-0.4, -0.2) is 24.3 Å². The molecule has 8 rings (SSSR count). The number of benzene rings is 3. The van der Waals surface area contributed by atoms with Gasteiger partial charge in [0.15, 0.2) is 5.65 Å². The SMILES string of the molecule is c1ccc(-c2cccc(-c3ccc(-c4ccc(-c5nc6c(nc7ccccn76)c6ccccc56)cc4)cc3)n2)nc1. The average Bonchev–Trinajstić information content (AvgIpc) is 3.44. The van der Waals surface area contributed by atoms with Crippen LogP contribution in [0.3, 0.4) is 0 Å². The van der Waals surface area contributed by atoms with Crippen LogP contribution in [0.25, 0.3) is 72.6 Å². The van der Waals surface area contributed by atoms with Crippen LogP contribution in [0.15, 0.2) is 140 Å². The first-order valence-electron chi connectivity index (χ1n) is 13.6. The smallest absolute Gasteiger partial charge is 0.165 e. The van der Waals surface area contributed by atoms with Crippen molar-refractivity contribution in [2.45, 2.75) is 0 Å². The Balaban J connectivity index is 1.14. The van der Waals surface area contributed by atoms with Gasteiger partial charge in [-0.05, 0) is 47.5 Å². The lowest BCUT2D eigenvalue weighted by molar-refractivity contribution is 1.19. The molecule has 0 N–H and O–H groups in total.